The van der Waals surface area contributed by atoms with Crippen LogP contribution in [0.5, 0.6) is 0 Å². The molecule has 0 amide bonds. The van der Waals surface area contributed by atoms with Crippen LogP contribution in [0.1, 0.15) is 39.2 Å². The summed E-state index contributed by atoms with van der Waals surface area (Å²) in [5.41, 5.74) is 3.20. The Labute approximate surface area is 155 Å². The van der Waals surface area contributed by atoms with Crippen molar-refractivity contribution in [2.75, 3.05) is 19.5 Å². The fraction of sp³-hybridized carbons (Fsp3) is 0.526. The van der Waals surface area contributed by atoms with Gasteiger partial charge in [-0.15, -0.1) is 0 Å². The van der Waals surface area contributed by atoms with Crippen LogP contribution in [-0.4, -0.2) is 32.9 Å². The molecule has 144 valence electrons. The van der Waals surface area contributed by atoms with Gasteiger partial charge in [0.1, 0.15) is 0 Å². The van der Waals surface area contributed by atoms with Gasteiger partial charge in [-0.1, -0.05) is 32.9 Å². The zero-order chi connectivity index (χ0) is 19.8. The van der Waals surface area contributed by atoms with Crippen LogP contribution < -0.4 is 5.32 Å². The van der Waals surface area contributed by atoms with Crippen molar-refractivity contribution >= 4 is 27.9 Å². The van der Waals surface area contributed by atoms with Crippen molar-refractivity contribution in [2.45, 2.75) is 33.6 Å². The number of fused-ring (bicyclic) bond motifs is 2. The number of allylic oxidation sites excluding steroid dienone is 1. The first-order chi connectivity index (χ1) is 12.0. The zero-order valence-corrected chi connectivity index (χ0v) is 16.7. The standard InChI is InChI=1S/C18H23NO.CH4O4S/c1-17(2)15-9-10-18(17,3)16(20)14(15)11-12-5-7-13(19-4)8-6-12;1-5-6(2,3)4/h5-8,11,15,19H,9-10H2,1-4H3;1H3,(H,2,3,4). The molecule has 2 saturated carbocycles. The summed E-state index contributed by atoms with van der Waals surface area (Å²) < 4.78 is 29.7. The third-order valence-electron chi connectivity index (χ3n) is 6.10. The molecule has 0 aliphatic heterocycles. The zero-order valence-electron chi connectivity index (χ0n) is 15.9. The molecule has 1 aromatic rings. The van der Waals surface area contributed by atoms with Crippen LogP contribution in [0.15, 0.2) is 29.8 Å². The lowest BCUT2D eigenvalue weighted by Crippen LogP contribution is -2.32. The SMILES string of the molecule is CNc1ccc(C=C2C(=O)C3(C)CCC2C3(C)C)cc1.COS(=O)(=O)O. The molecule has 0 saturated heterocycles. The molecule has 2 aliphatic carbocycles. The Morgan fingerprint density at radius 2 is 1.77 bits per heavy atom. The molecule has 1 aromatic carbocycles. The topological polar surface area (TPSA) is 92.7 Å². The van der Waals surface area contributed by atoms with Crippen molar-refractivity contribution in [2.24, 2.45) is 16.7 Å². The van der Waals surface area contributed by atoms with E-state index in [1.807, 2.05) is 7.05 Å². The highest BCUT2D eigenvalue weighted by atomic mass is 32.3. The smallest absolute Gasteiger partial charge is 0.388 e. The number of Topliss-reactive ketones (excluding diaryl/α,β-unsaturated/α-hetero) is 1. The van der Waals surface area contributed by atoms with Crippen molar-refractivity contribution in [1.29, 1.82) is 0 Å². The highest BCUT2D eigenvalue weighted by Gasteiger charge is 2.63. The summed E-state index contributed by atoms with van der Waals surface area (Å²) in [6.07, 6.45) is 4.30. The Hall–Kier alpha value is -1.70. The highest BCUT2D eigenvalue weighted by Crippen LogP contribution is 2.65. The molecule has 2 unspecified atom stereocenters. The van der Waals surface area contributed by atoms with E-state index in [-0.39, 0.29) is 10.8 Å². The average molecular weight is 381 g/mol. The Morgan fingerprint density at radius 1 is 1.23 bits per heavy atom. The molecular formula is C19H27NO5S. The van der Waals surface area contributed by atoms with Gasteiger partial charge < -0.3 is 5.32 Å². The summed E-state index contributed by atoms with van der Waals surface area (Å²) in [6, 6.07) is 8.26. The van der Waals surface area contributed by atoms with E-state index in [4.69, 9.17) is 4.55 Å². The van der Waals surface area contributed by atoms with Gasteiger partial charge in [-0.3, -0.25) is 13.5 Å². The molecule has 6 nitrogen and oxygen atoms in total. The summed E-state index contributed by atoms with van der Waals surface area (Å²) in [6.45, 7) is 6.67. The molecule has 0 radical (unpaired) electrons. The van der Waals surface area contributed by atoms with Crippen LogP contribution >= 0.6 is 0 Å². The first-order valence-electron chi connectivity index (χ1n) is 8.53. The second-order valence-corrected chi connectivity index (χ2v) is 8.73. The number of carbonyl (C=O) groups excluding carboxylic acids is 1. The summed E-state index contributed by atoms with van der Waals surface area (Å²) in [5.74, 6) is 0.792. The van der Waals surface area contributed by atoms with Gasteiger partial charge in [0, 0.05) is 18.2 Å². The van der Waals surface area contributed by atoms with E-state index in [0.29, 0.717) is 11.7 Å². The lowest BCUT2D eigenvalue weighted by molar-refractivity contribution is -0.125. The molecule has 2 fully saturated rings. The fourth-order valence-electron chi connectivity index (χ4n) is 4.02. The quantitative estimate of drug-likeness (QED) is 0.614. The van der Waals surface area contributed by atoms with Crippen LogP contribution in [0.2, 0.25) is 0 Å². The second kappa shape index (κ2) is 7.13. The molecule has 7 heteroatoms. The van der Waals surface area contributed by atoms with Crippen LogP contribution in [0.4, 0.5) is 5.69 Å². The fourth-order valence-corrected chi connectivity index (χ4v) is 4.02. The van der Waals surface area contributed by atoms with Gasteiger partial charge in [0.05, 0.1) is 7.11 Å². The molecule has 2 N–H and O–H groups in total. The third-order valence-corrected chi connectivity index (χ3v) is 6.52. The maximum atomic E-state index is 12.8. The van der Waals surface area contributed by atoms with Crippen LogP contribution in [-0.2, 0) is 19.4 Å². The van der Waals surface area contributed by atoms with Gasteiger partial charge in [-0.25, -0.2) is 0 Å². The molecule has 2 aliphatic rings. The van der Waals surface area contributed by atoms with Gasteiger partial charge in [-0.2, -0.15) is 8.42 Å². The number of ketones is 1. The number of hydrogen-bond acceptors (Lipinski definition) is 5. The van der Waals surface area contributed by atoms with Crippen molar-refractivity contribution in [3.8, 4) is 0 Å². The highest BCUT2D eigenvalue weighted by molar-refractivity contribution is 7.80. The summed E-state index contributed by atoms with van der Waals surface area (Å²) in [7, 11) is -1.38. The minimum Gasteiger partial charge on any atom is -0.388 e. The Balaban J connectivity index is 0.000000352. The van der Waals surface area contributed by atoms with Crippen molar-refractivity contribution in [3.63, 3.8) is 0 Å². The Bertz CT molecular complexity index is 811. The van der Waals surface area contributed by atoms with Crippen LogP contribution in [0.25, 0.3) is 6.08 Å². The normalized spacial score (nSPS) is 28.0. The number of anilines is 1. The van der Waals surface area contributed by atoms with Gasteiger partial charge in [-0.05, 0) is 53.5 Å². The second-order valence-electron chi connectivity index (χ2n) is 7.54. The van der Waals surface area contributed by atoms with E-state index in [1.54, 1.807) is 0 Å². The van der Waals surface area contributed by atoms with E-state index in [0.717, 1.165) is 36.8 Å². The van der Waals surface area contributed by atoms with Gasteiger partial charge >= 0.3 is 10.4 Å². The predicted molar refractivity (Wildman–Crippen MR) is 102 cm³/mol. The average Bonchev–Trinajstić information content (AvgIpc) is 2.89. The Kier molecular flexibility index (Phi) is 5.66. The number of rotatable bonds is 3. The Morgan fingerprint density at radius 3 is 2.15 bits per heavy atom. The van der Waals surface area contributed by atoms with Gasteiger partial charge in [0.15, 0.2) is 5.78 Å². The number of benzene rings is 1. The summed E-state index contributed by atoms with van der Waals surface area (Å²) >= 11 is 0. The van der Waals surface area contributed by atoms with E-state index in [1.165, 1.54) is 0 Å². The first kappa shape index (κ1) is 20.6. The molecule has 0 spiro atoms. The first-order valence-corrected chi connectivity index (χ1v) is 9.90. The number of hydrogen-bond donors (Lipinski definition) is 2. The maximum Gasteiger partial charge on any atom is 0.397 e. The molecule has 0 heterocycles. The van der Waals surface area contributed by atoms with Gasteiger partial charge in [0.25, 0.3) is 0 Å². The van der Waals surface area contributed by atoms with Crippen molar-refractivity contribution in [1.82, 2.24) is 0 Å². The molecule has 2 atom stereocenters. The third kappa shape index (κ3) is 3.70. The van der Waals surface area contributed by atoms with Crippen LogP contribution in [0, 0.1) is 16.7 Å². The monoisotopic (exact) mass is 381 g/mol. The number of nitrogens with one attached hydrogen (secondary N) is 1. The molecular weight excluding hydrogens is 354 g/mol. The van der Waals surface area contributed by atoms with E-state index in [9.17, 15) is 13.2 Å². The largest absolute Gasteiger partial charge is 0.397 e. The van der Waals surface area contributed by atoms with Crippen molar-refractivity contribution < 1.29 is 21.9 Å². The summed E-state index contributed by atoms with van der Waals surface area (Å²) in [4.78, 5) is 12.8. The number of carbonyl (C=O) groups is 1. The van der Waals surface area contributed by atoms with E-state index >= 15 is 0 Å². The predicted octanol–water partition coefficient (Wildman–Crippen LogP) is 3.57. The lowest BCUT2D eigenvalue weighted by Gasteiger charge is -2.31. The van der Waals surface area contributed by atoms with Crippen molar-refractivity contribution in [3.05, 3.63) is 35.4 Å². The summed E-state index contributed by atoms with van der Waals surface area (Å²) in [5, 5.41) is 3.12. The maximum absolute atomic E-state index is 12.8. The lowest BCUT2D eigenvalue weighted by atomic mass is 9.70. The minimum atomic E-state index is -4.16. The molecule has 3 rings (SSSR count). The van der Waals surface area contributed by atoms with E-state index in [2.05, 4.69) is 60.6 Å². The van der Waals surface area contributed by atoms with Crippen LogP contribution in [0.3, 0.4) is 0 Å². The van der Waals surface area contributed by atoms with E-state index < -0.39 is 10.4 Å². The molecule has 2 bridgehead atoms. The minimum absolute atomic E-state index is 0.0980. The van der Waals surface area contributed by atoms with Gasteiger partial charge in [0.2, 0.25) is 0 Å². The molecule has 26 heavy (non-hydrogen) atoms. The molecule has 0 aromatic heterocycles.